The van der Waals surface area contributed by atoms with E-state index in [0.29, 0.717) is 22.0 Å². The predicted octanol–water partition coefficient (Wildman–Crippen LogP) is 4.70. The second-order valence-electron chi connectivity index (χ2n) is 9.18. The SMILES string of the molecule is COc1ccc2c(c1)sc1nc(C(OC(C)=O)[C@]3(Br)C(=O)N4C(C(=O)OCc5ccc([N+](=O)[O-])cc5)=CS[C@@H]43)cn12. The summed E-state index contributed by atoms with van der Waals surface area (Å²) < 4.78 is 17.8. The van der Waals surface area contributed by atoms with Gasteiger partial charge in [-0.05, 0) is 35.9 Å². The van der Waals surface area contributed by atoms with Crippen molar-refractivity contribution in [2.75, 3.05) is 7.11 Å². The van der Waals surface area contributed by atoms with Gasteiger partial charge in [0.1, 0.15) is 29.1 Å². The fourth-order valence-electron chi connectivity index (χ4n) is 4.70. The summed E-state index contributed by atoms with van der Waals surface area (Å²) >= 11 is 6.21. The number of ether oxygens (including phenoxy) is 3. The van der Waals surface area contributed by atoms with Crippen molar-refractivity contribution in [2.45, 2.75) is 29.3 Å². The van der Waals surface area contributed by atoms with Crippen LogP contribution in [-0.2, 0) is 30.5 Å². The van der Waals surface area contributed by atoms with Gasteiger partial charge in [0.2, 0.25) is 0 Å². The number of alkyl halides is 1. The Hall–Kier alpha value is -3.95. The highest BCUT2D eigenvalue weighted by Crippen LogP contribution is 2.58. The Balaban J connectivity index is 1.22. The van der Waals surface area contributed by atoms with Crippen LogP contribution >= 0.6 is 39.0 Å². The number of thioether (sulfide) groups is 1. The second kappa shape index (κ2) is 10.2. The number of nitro groups is 1. The molecule has 210 valence electrons. The van der Waals surface area contributed by atoms with E-state index in [1.807, 2.05) is 22.6 Å². The van der Waals surface area contributed by atoms with Gasteiger partial charge in [-0.25, -0.2) is 9.78 Å². The minimum atomic E-state index is -1.39. The van der Waals surface area contributed by atoms with Gasteiger partial charge in [0.05, 0.1) is 22.2 Å². The first-order chi connectivity index (χ1) is 19.6. The third-order valence-electron chi connectivity index (χ3n) is 6.69. The first kappa shape index (κ1) is 27.2. The molecule has 4 aromatic rings. The van der Waals surface area contributed by atoms with Crippen molar-refractivity contribution in [1.82, 2.24) is 14.3 Å². The number of nitro benzene ring substituents is 1. The maximum Gasteiger partial charge on any atom is 0.355 e. The van der Waals surface area contributed by atoms with Crippen LogP contribution in [0, 0.1) is 10.1 Å². The van der Waals surface area contributed by atoms with E-state index in [2.05, 4.69) is 15.9 Å². The molecular weight excluding hydrogens is 640 g/mol. The third kappa shape index (κ3) is 4.44. The van der Waals surface area contributed by atoms with E-state index in [4.69, 9.17) is 19.2 Å². The molecule has 2 aliphatic heterocycles. The summed E-state index contributed by atoms with van der Waals surface area (Å²) in [6.45, 7) is 1.12. The molecule has 3 atom stereocenters. The van der Waals surface area contributed by atoms with Crippen LogP contribution in [-0.4, -0.2) is 53.9 Å². The van der Waals surface area contributed by atoms with Gasteiger partial charge in [0, 0.05) is 30.7 Å². The maximum atomic E-state index is 13.6. The number of carbonyl (C=O) groups excluding carboxylic acids is 3. The lowest BCUT2D eigenvalue weighted by atomic mass is 9.89. The number of esters is 2. The molecule has 0 bridgehead atoms. The third-order valence-corrected chi connectivity index (χ3v) is 10.4. The van der Waals surface area contributed by atoms with Crippen molar-refractivity contribution in [3.8, 4) is 5.75 Å². The van der Waals surface area contributed by atoms with Crippen molar-refractivity contribution in [1.29, 1.82) is 0 Å². The molecule has 2 aromatic carbocycles. The van der Waals surface area contributed by atoms with Crippen LogP contribution in [0.4, 0.5) is 5.69 Å². The van der Waals surface area contributed by atoms with Gasteiger partial charge in [0.25, 0.3) is 11.6 Å². The van der Waals surface area contributed by atoms with E-state index in [1.54, 1.807) is 13.3 Å². The van der Waals surface area contributed by atoms with Crippen molar-refractivity contribution in [3.05, 3.63) is 81.1 Å². The lowest BCUT2D eigenvalue weighted by molar-refractivity contribution is -0.384. The zero-order valence-corrected chi connectivity index (χ0v) is 24.5. The summed E-state index contributed by atoms with van der Waals surface area (Å²) in [4.78, 5) is 55.6. The molecule has 2 aliphatic rings. The van der Waals surface area contributed by atoms with E-state index in [0.717, 1.165) is 10.2 Å². The number of halogens is 1. The van der Waals surface area contributed by atoms with Crippen LogP contribution < -0.4 is 4.74 Å². The Labute approximate surface area is 248 Å². The number of methoxy groups -OCH3 is 1. The minimum absolute atomic E-state index is 0.0503. The van der Waals surface area contributed by atoms with Crippen LogP contribution in [0.2, 0.25) is 0 Å². The molecule has 1 amide bonds. The molecule has 0 spiro atoms. The van der Waals surface area contributed by atoms with E-state index in [9.17, 15) is 24.5 Å². The zero-order chi connectivity index (χ0) is 29.1. The van der Waals surface area contributed by atoms with Gasteiger partial charge < -0.3 is 14.2 Å². The zero-order valence-electron chi connectivity index (χ0n) is 21.3. The fraction of sp³-hybridized carbons (Fsp3) is 0.231. The average Bonchev–Trinajstić information content (AvgIpc) is 3.65. The second-order valence-corrected chi connectivity index (χ2v) is 12.5. The minimum Gasteiger partial charge on any atom is -0.497 e. The lowest BCUT2D eigenvalue weighted by Crippen LogP contribution is -2.70. The number of fused-ring (bicyclic) bond motifs is 4. The van der Waals surface area contributed by atoms with Crippen molar-refractivity contribution >= 4 is 77.7 Å². The van der Waals surface area contributed by atoms with Crippen molar-refractivity contribution in [2.24, 2.45) is 0 Å². The van der Waals surface area contributed by atoms with Crippen LogP contribution in [0.25, 0.3) is 15.2 Å². The highest BCUT2D eigenvalue weighted by Gasteiger charge is 2.69. The molecular formula is C26H19BrN4O8S2. The van der Waals surface area contributed by atoms with Gasteiger partial charge in [-0.15, -0.1) is 11.8 Å². The first-order valence-corrected chi connectivity index (χ1v) is 14.6. The highest BCUT2D eigenvalue weighted by atomic mass is 79.9. The Morgan fingerprint density at radius 2 is 2.00 bits per heavy atom. The van der Waals surface area contributed by atoms with Gasteiger partial charge >= 0.3 is 11.9 Å². The summed E-state index contributed by atoms with van der Waals surface area (Å²) in [5, 5.41) is 11.8. The number of thiazole rings is 1. The molecule has 1 unspecified atom stereocenters. The molecule has 1 fully saturated rings. The number of β-lactam (4-membered cyclic amide) rings is 1. The van der Waals surface area contributed by atoms with Crippen LogP contribution in [0.15, 0.2) is 59.8 Å². The lowest BCUT2D eigenvalue weighted by Gasteiger charge is -2.51. The van der Waals surface area contributed by atoms with Gasteiger partial charge in [-0.2, -0.15) is 0 Å². The number of amides is 1. The van der Waals surface area contributed by atoms with Gasteiger partial charge in [-0.3, -0.25) is 29.0 Å². The Morgan fingerprint density at radius 1 is 1.24 bits per heavy atom. The van der Waals surface area contributed by atoms with E-state index >= 15 is 0 Å². The van der Waals surface area contributed by atoms with E-state index < -0.39 is 38.6 Å². The predicted molar refractivity (Wildman–Crippen MR) is 152 cm³/mol. The number of hydrogen-bond acceptors (Lipinski definition) is 11. The largest absolute Gasteiger partial charge is 0.497 e. The number of rotatable bonds is 8. The van der Waals surface area contributed by atoms with E-state index in [-0.39, 0.29) is 18.0 Å². The van der Waals surface area contributed by atoms with Crippen LogP contribution in [0.5, 0.6) is 5.75 Å². The van der Waals surface area contributed by atoms with Gasteiger partial charge in [-0.1, -0.05) is 27.3 Å². The Bertz CT molecular complexity index is 1790. The Kier molecular flexibility index (Phi) is 6.74. The standard InChI is InChI=1S/C26H19BrN4O8S2/c1-13(32)39-21(17-10-29-18-8-7-16(37-2)9-20(18)41-25(29)28-17)26(27)23(34)30-19(12-40-24(26)30)22(33)38-11-14-3-5-15(6-4-14)31(35)36/h3-10,12,21,24H,11H2,1-2H3/t21?,24-,26+/m1/s1. The summed E-state index contributed by atoms with van der Waals surface area (Å²) in [7, 11) is 1.59. The number of imidazole rings is 1. The average molecular weight is 659 g/mol. The number of carbonyl (C=O) groups is 3. The smallest absolute Gasteiger partial charge is 0.355 e. The Morgan fingerprint density at radius 3 is 2.68 bits per heavy atom. The maximum absolute atomic E-state index is 13.6. The number of benzene rings is 2. The van der Waals surface area contributed by atoms with E-state index in [1.165, 1.54) is 64.6 Å². The molecule has 0 aliphatic carbocycles. The summed E-state index contributed by atoms with van der Waals surface area (Å²) in [5.41, 5.74) is 1.78. The molecule has 1 saturated heterocycles. The number of non-ortho nitro benzene ring substituents is 1. The number of hydrogen-bond donors (Lipinski definition) is 0. The molecule has 12 nitrogen and oxygen atoms in total. The quantitative estimate of drug-likeness (QED) is 0.0859. The molecule has 0 N–H and O–H groups in total. The van der Waals surface area contributed by atoms with Crippen molar-refractivity contribution < 1.29 is 33.5 Å². The number of nitrogens with zero attached hydrogens (tertiary/aromatic N) is 4. The molecule has 2 aromatic heterocycles. The molecule has 4 heterocycles. The molecule has 15 heteroatoms. The highest BCUT2D eigenvalue weighted by molar-refractivity contribution is 9.10. The van der Waals surface area contributed by atoms with Crippen molar-refractivity contribution in [3.63, 3.8) is 0 Å². The first-order valence-electron chi connectivity index (χ1n) is 12.0. The molecule has 41 heavy (non-hydrogen) atoms. The molecule has 6 rings (SSSR count). The van der Waals surface area contributed by atoms with Crippen LogP contribution in [0.3, 0.4) is 0 Å². The fourth-order valence-corrected chi connectivity index (χ4v) is 8.02. The number of aromatic nitrogens is 2. The normalized spacial score (nSPS) is 20.4. The summed E-state index contributed by atoms with van der Waals surface area (Å²) in [6, 6.07) is 11.2. The summed E-state index contributed by atoms with van der Waals surface area (Å²) in [6.07, 6.45) is 0.658. The van der Waals surface area contributed by atoms with Crippen LogP contribution in [0.1, 0.15) is 24.3 Å². The molecule has 0 radical (unpaired) electrons. The monoisotopic (exact) mass is 658 g/mol. The molecule has 0 saturated carbocycles. The topological polar surface area (TPSA) is 143 Å². The van der Waals surface area contributed by atoms with Gasteiger partial charge in [0.15, 0.2) is 15.4 Å². The summed E-state index contributed by atoms with van der Waals surface area (Å²) in [5.74, 6) is -1.09.